The maximum Gasteiger partial charge on any atom is 0.414 e. The van der Waals surface area contributed by atoms with Gasteiger partial charge in [0.2, 0.25) is 0 Å². The molecule has 96 valence electrons. The minimum absolute atomic E-state index is 0.0473. The van der Waals surface area contributed by atoms with Crippen molar-refractivity contribution < 1.29 is 14.3 Å². The van der Waals surface area contributed by atoms with E-state index in [4.69, 9.17) is 4.74 Å². The van der Waals surface area contributed by atoms with Gasteiger partial charge in [0.25, 0.3) is 0 Å². The number of benzene rings is 1. The third kappa shape index (κ3) is 2.37. The van der Waals surface area contributed by atoms with Crippen molar-refractivity contribution in [3.63, 3.8) is 0 Å². The van der Waals surface area contributed by atoms with Crippen molar-refractivity contribution in [1.82, 2.24) is 0 Å². The Kier molecular flexibility index (Phi) is 3.65. The fourth-order valence-electron chi connectivity index (χ4n) is 2.21. The van der Waals surface area contributed by atoms with Gasteiger partial charge in [0.1, 0.15) is 0 Å². The Morgan fingerprint density at radius 1 is 1.39 bits per heavy atom. The Balaban J connectivity index is 2.32. The molecule has 0 fully saturated rings. The van der Waals surface area contributed by atoms with Crippen LogP contribution >= 0.6 is 0 Å². The van der Waals surface area contributed by atoms with Gasteiger partial charge < -0.3 is 4.74 Å². The summed E-state index contributed by atoms with van der Waals surface area (Å²) in [5, 5.41) is 0. The number of nitrogens with zero attached hydrogens (tertiary/aromatic N) is 1. The summed E-state index contributed by atoms with van der Waals surface area (Å²) in [6, 6.07) is 5.48. The smallest absolute Gasteiger partial charge is 0.414 e. The normalized spacial score (nSPS) is 14.0. The first-order valence-corrected chi connectivity index (χ1v) is 6.21. The number of aryl methyl sites for hydroxylation is 1. The van der Waals surface area contributed by atoms with Crippen molar-refractivity contribution in [3.8, 4) is 0 Å². The van der Waals surface area contributed by atoms with Crippen LogP contribution in [0, 0.1) is 0 Å². The number of amides is 1. The van der Waals surface area contributed by atoms with Gasteiger partial charge in [0.15, 0.2) is 5.78 Å². The fraction of sp³-hybridized carbons (Fsp3) is 0.429. The van der Waals surface area contributed by atoms with E-state index in [0.29, 0.717) is 18.7 Å². The van der Waals surface area contributed by atoms with E-state index in [0.717, 1.165) is 24.1 Å². The molecule has 0 bridgehead atoms. The number of ether oxygens (including phenoxy) is 1. The molecule has 0 spiro atoms. The molecular weight excluding hydrogens is 230 g/mol. The Labute approximate surface area is 107 Å². The van der Waals surface area contributed by atoms with Crippen LogP contribution in [0.3, 0.4) is 0 Å². The maximum atomic E-state index is 11.8. The number of rotatable bonds is 2. The van der Waals surface area contributed by atoms with Crippen LogP contribution in [0.5, 0.6) is 0 Å². The van der Waals surface area contributed by atoms with Gasteiger partial charge in [-0.25, -0.2) is 4.79 Å². The molecule has 1 aromatic carbocycles. The summed E-state index contributed by atoms with van der Waals surface area (Å²) in [4.78, 5) is 24.8. The van der Waals surface area contributed by atoms with Gasteiger partial charge in [-0.2, -0.15) is 0 Å². The summed E-state index contributed by atoms with van der Waals surface area (Å²) in [6.07, 6.45) is 1.48. The van der Waals surface area contributed by atoms with Crippen molar-refractivity contribution in [2.75, 3.05) is 18.1 Å². The van der Waals surface area contributed by atoms with Crippen LogP contribution in [-0.2, 0) is 11.2 Å². The highest BCUT2D eigenvalue weighted by Crippen LogP contribution is 2.28. The molecule has 0 N–H and O–H groups in total. The molecule has 0 aliphatic carbocycles. The van der Waals surface area contributed by atoms with Gasteiger partial charge in [-0.05, 0) is 50.5 Å². The molecule has 4 heteroatoms. The molecular formula is C14H17NO3. The summed E-state index contributed by atoms with van der Waals surface area (Å²) >= 11 is 0. The SMILES string of the molecule is CCOC(=O)N1CCCc2cc(C(C)=O)ccc21. The summed E-state index contributed by atoms with van der Waals surface area (Å²) in [6.45, 7) is 4.39. The van der Waals surface area contributed by atoms with Crippen molar-refractivity contribution in [1.29, 1.82) is 0 Å². The monoisotopic (exact) mass is 247 g/mol. The second-order valence-electron chi connectivity index (χ2n) is 4.35. The minimum Gasteiger partial charge on any atom is -0.449 e. The molecule has 0 atom stereocenters. The molecule has 18 heavy (non-hydrogen) atoms. The Hall–Kier alpha value is -1.84. The minimum atomic E-state index is -0.311. The number of hydrogen-bond acceptors (Lipinski definition) is 3. The average molecular weight is 247 g/mol. The zero-order chi connectivity index (χ0) is 13.1. The van der Waals surface area contributed by atoms with Crippen LogP contribution in [0.4, 0.5) is 10.5 Å². The molecule has 1 aromatic rings. The molecule has 1 heterocycles. The maximum absolute atomic E-state index is 11.8. The number of hydrogen-bond donors (Lipinski definition) is 0. The third-order valence-electron chi connectivity index (χ3n) is 3.09. The quantitative estimate of drug-likeness (QED) is 0.755. The second-order valence-corrected chi connectivity index (χ2v) is 4.35. The van der Waals surface area contributed by atoms with E-state index in [1.807, 2.05) is 12.1 Å². The predicted molar refractivity (Wildman–Crippen MR) is 69.1 cm³/mol. The van der Waals surface area contributed by atoms with Crippen LogP contribution in [0.2, 0.25) is 0 Å². The molecule has 0 aromatic heterocycles. The van der Waals surface area contributed by atoms with E-state index in [9.17, 15) is 9.59 Å². The standard InChI is InChI=1S/C14H17NO3/c1-3-18-14(17)15-8-4-5-12-9-11(10(2)16)6-7-13(12)15/h6-7,9H,3-5,8H2,1-2H3. The first kappa shape index (κ1) is 12.6. The topological polar surface area (TPSA) is 46.6 Å². The van der Waals surface area contributed by atoms with Crippen molar-refractivity contribution >= 4 is 17.6 Å². The van der Waals surface area contributed by atoms with Crippen molar-refractivity contribution in [3.05, 3.63) is 29.3 Å². The predicted octanol–water partition coefficient (Wildman–Crippen LogP) is 2.80. The first-order valence-electron chi connectivity index (χ1n) is 6.21. The number of fused-ring (bicyclic) bond motifs is 1. The number of carbonyl (C=O) groups is 2. The lowest BCUT2D eigenvalue weighted by Gasteiger charge is -2.28. The van der Waals surface area contributed by atoms with E-state index in [2.05, 4.69) is 0 Å². The van der Waals surface area contributed by atoms with E-state index in [-0.39, 0.29) is 11.9 Å². The van der Waals surface area contributed by atoms with Crippen LogP contribution < -0.4 is 4.90 Å². The van der Waals surface area contributed by atoms with Crippen molar-refractivity contribution in [2.45, 2.75) is 26.7 Å². The molecule has 1 aliphatic rings. The van der Waals surface area contributed by atoms with Gasteiger partial charge in [0.05, 0.1) is 12.3 Å². The molecule has 4 nitrogen and oxygen atoms in total. The number of carbonyl (C=O) groups excluding carboxylic acids is 2. The Morgan fingerprint density at radius 3 is 2.83 bits per heavy atom. The highest BCUT2D eigenvalue weighted by Gasteiger charge is 2.23. The summed E-state index contributed by atoms with van der Waals surface area (Å²) in [5.41, 5.74) is 2.60. The molecule has 1 amide bonds. The Morgan fingerprint density at radius 2 is 2.17 bits per heavy atom. The van der Waals surface area contributed by atoms with Crippen molar-refractivity contribution in [2.24, 2.45) is 0 Å². The highest BCUT2D eigenvalue weighted by molar-refractivity contribution is 5.96. The lowest BCUT2D eigenvalue weighted by atomic mass is 9.98. The zero-order valence-electron chi connectivity index (χ0n) is 10.7. The molecule has 0 saturated heterocycles. The lowest BCUT2D eigenvalue weighted by Crippen LogP contribution is -2.36. The Bertz CT molecular complexity index is 482. The molecule has 2 rings (SSSR count). The number of anilines is 1. The van der Waals surface area contributed by atoms with Crippen LogP contribution in [0.25, 0.3) is 0 Å². The van der Waals surface area contributed by atoms with Gasteiger partial charge in [0, 0.05) is 12.1 Å². The second kappa shape index (κ2) is 5.21. The van der Waals surface area contributed by atoms with Crippen LogP contribution in [0.1, 0.15) is 36.2 Å². The summed E-state index contributed by atoms with van der Waals surface area (Å²) in [7, 11) is 0. The van der Waals surface area contributed by atoms with Crippen LogP contribution in [0.15, 0.2) is 18.2 Å². The lowest BCUT2D eigenvalue weighted by molar-refractivity contribution is 0.101. The van der Waals surface area contributed by atoms with Gasteiger partial charge >= 0.3 is 6.09 Å². The van der Waals surface area contributed by atoms with Gasteiger partial charge in [-0.1, -0.05) is 0 Å². The van der Waals surface area contributed by atoms with Gasteiger partial charge in [-0.15, -0.1) is 0 Å². The molecule has 0 unspecified atom stereocenters. The van der Waals surface area contributed by atoms with E-state index < -0.39 is 0 Å². The largest absolute Gasteiger partial charge is 0.449 e. The zero-order valence-corrected chi connectivity index (χ0v) is 10.7. The first-order chi connectivity index (χ1) is 8.63. The molecule has 0 radical (unpaired) electrons. The summed E-state index contributed by atoms with van der Waals surface area (Å²) in [5.74, 6) is 0.0473. The molecule has 1 aliphatic heterocycles. The highest BCUT2D eigenvalue weighted by atomic mass is 16.6. The fourth-order valence-corrected chi connectivity index (χ4v) is 2.21. The third-order valence-corrected chi connectivity index (χ3v) is 3.09. The molecule has 0 saturated carbocycles. The van der Waals surface area contributed by atoms with E-state index in [1.54, 1.807) is 24.8 Å². The number of ketones is 1. The number of Topliss-reactive ketones (excluding diaryl/α,β-unsaturated/α-hetero) is 1. The van der Waals surface area contributed by atoms with Crippen LogP contribution in [-0.4, -0.2) is 25.0 Å². The summed E-state index contributed by atoms with van der Waals surface area (Å²) < 4.78 is 5.04. The van der Waals surface area contributed by atoms with E-state index in [1.165, 1.54) is 0 Å². The van der Waals surface area contributed by atoms with Gasteiger partial charge in [-0.3, -0.25) is 9.69 Å². The average Bonchev–Trinajstić information content (AvgIpc) is 2.37. The van der Waals surface area contributed by atoms with E-state index >= 15 is 0 Å².